The van der Waals surface area contributed by atoms with Crippen molar-refractivity contribution < 1.29 is 29.0 Å². The van der Waals surface area contributed by atoms with Crippen molar-refractivity contribution in [3.8, 4) is 0 Å². The van der Waals surface area contributed by atoms with Crippen LogP contribution in [0.4, 0.5) is 4.39 Å². The quantitative estimate of drug-likeness (QED) is 0.631. The first-order chi connectivity index (χ1) is 9.91. The maximum absolute atomic E-state index is 12.9. The molecule has 2 rings (SSSR count). The number of nitrogens with zero attached hydrogens (tertiary/aromatic N) is 1. The van der Waals surface area contributed by atoms with Gasteiger partial charge in [0.2, 0.25) is 0 Å². The van der Waals surface area contributed by atoms with Crippen LogP contribution in [-0.4, -0.2) is 59.1 Å². The van der Waals surface area contributed by atoms with E-state index < -0.39 is 11.9 Å². The summed E-state index contributed by atoms with van der Waals surface area (Å²) in [5, 5.41) is 17.9. The van der Waals surface area contributed by atoms with E-state index in [0.29, 0.717) is 18.7 Å². The number of nitrogens with one attached hydrogen (secondary N) is 1. The van der Waals surface area contributed by atoms with Crippen molar-refractivity contribution >= 4 is 17.8 Å². The molecule has 1 saturated heterocycles. The van der Waals surface area contributed by atoms with E-state index in [0.717, 1.165) is 13.1 Å². The zero-order chi connectivity index (χ0) is 15.8. The Labute approximate surface area is 120 Å². The van der Waals surface area contributed by atoms with Crippen LogP contribution >= 0.6 is 0 Å². The van der Waals surface area contributed by atoms with Gasteiger partial charge in [0, 0.05) is 31.7 Å². The average molecular weight is 298 g/mol. The van der Waals surface area contributed by atoms with Gasteiger partial charge in [0.15, 0.2) is 0 Å². The first-order valence-corrected chi connectivity index (χ1v) is 6.13. The van der Waals surface area contributed by atoms with E-state index in [-0.39, 0.29) is 11.7 Å². The highest BCUT2D eigenvalue weighted by molar-refractivity contribution is 6.27. The predicted molar refractivity (Wildman–Crippen MR) is 70.4 cm³/mol. The van der Waals surface area contributed by atoms with E-state index in [2.05, 4.69) is 5.32 Å². The van der Waals surface area contributed by atoms with Crippen molar-refractivity contribution in [2.75, 3.05) is 26.2 Å². The van der Waals surface area contributed by atoms with Gasteiger partial charge in [0.1, 0.15) is 5.82 Å². The van der Waals surface area contributed by atoms with Gasteiger partial charge in [-0.1, -0.05) is 6.07 Å². The number of hydrogen-bond acceptors (Lipinski definition) is 4. The Morgan fingerprint density at radius 1 is 1.10 bits per heavy atom. The molecular formula is C13H15FN2O5. The molecule has 1 heterocycles. The van der Waals surface area contributed by atoms with Crippen LogP contribution in [0.5, 0.6) is 0 Å². The summed E-state index contributed by atoms with van der Waals surface area (Å²) in [5.41, 5.74) is 0.428. The fraction of sp³-hybridized carbons (Fsp3) is 0.308. The summed E-state index contributed by atoms with van der Waals surface area (Å²) in [4.78, 5) is 31.8. The second kappa shape index (κ2) is 7.95. The molecule has 0 bridgehead atoms. The number of carboxylic acid groups (broad SMARTS) is 2. The molecule has 21 heavy (non-hydrogen) atoms. The maximum atomic E-state index is 12.9. The fourth-order valence-corrected chi connectivity index (χ4v) is 1.67. The Hall–Kier alpha value is -2.48. The van der Waals surface area contributed by atoms with Crippen LogP contribution in [-0.2, 0) is 9.59 Å². The molecule has 0 unspecified atom stereocenters. The summed E-state index contributed by atoms with van der Waals surface area (Å²) in [5.74, 6) is -4.10. The molecule has 1 aliphatic heterocycles. The highest BCUT2D eigenvalue weighted by atomic mass is 19.1. The Bertz CT molecular complexity index is 517. The van der Waals surface area contributed by atoms with Crippen molar-refractivity contribution in [2.24, 2.45) is 0 Å². The number of hydrogen-bond donors (Lipinski definition) is 3. The summed E-state index contributed by atoms with van der Waals surface area (Å²) in [7, 11) is 0. The summed E-state index contributed by atoms with van der Waals surface area (Å²) in [6.07, 6.45) is 0. The molecule has 8 heteroatoms. The Kier molecular flexibility index (Phi) is 6.28. The maximum Gasteiger partial charge on any atom is 0.414 e. The third-order valence-electron chi connectivity index (χ3n) is 2.66. The van der Waals surface area contributed by atoms with Crippen molar-refractivity contribution in [3.05, 3.63) is 35.6 Å². The van der Waals surface area contributed by atoms with E-state index in [4.69, 9.17) is 19.8 Å². The highest BCUT2D eigenvalue weighted by Gasteiger charge is 2.17. The lowest BCUT2D eigenvalue weighted by Gasteiger charge is -2.27. The minimum atomic E-state index is -1.82. The van der Waals surface area contributed by atoms with Crippen LogP contribution in [0.3, 0.4) is 0 Å². The van der Waals surface area contributed by atoms with Crippen LogP contribution in [0.15, 0.2) is 24.3 Å². The topological polar surface area (TPSA) is 107 Å². The van der Waals surface area contributed by atoms with Gasteiger partial charge >= 0.3 is 11.9 Å². The molecule has 1 aromatic rings. The molecule has 1 aliphatic rings. The Morgan fingerprint density at radius 3 is 2.14 bits per heavy atom. The number of aliphatic carboxylic acids is 2. The van der Waals surface area contributed by atoms with Gasteiger partial charge < -0.3 is 20.4 Å². The second-order valence-corrected chi connectivity index (χ2v) is 4.16. The molecule has 0 saturated carbocycles. The molecule has 0 spiro atoms. The first kappa shape index (κ1) is 16.6. The van der Waals surface area contributed by atoms with Crippen LogP contribution in [0.2, 0.25) is 0 Å². The number of piperazine rings is 1. The van der Waals surface area contributed by atoms with Gasteiger partial charge in [-0.3, -0.25) is 4.79 Å². The number of benzene rings is 1. The standard InChI is InChI=1S/C11H13FN2O.C2H2O4/c12-10-3-1-2-9(8-10)11(15)14-6-4-13-5-7-14;3-1(4)2(5)6/h1-3,8,13H,4-7H2;(H,3,4)(H,5,6). The number of carbonyl (C=O) groups excluding carboxylic acids is 1. The zero-order valence-electron chi connectivity index (χ0n) is 11.1. The molecule has 3 N–H and O–H groups in total. The Morgan fingerprint density at radius 2 is 1.67 bits per heavy atom. The molecule has 0 atom stereocenters. The van der Waals surface area contributed by atoms with Crippen molar-refractivity contribution in [3.63, 3.8) is 0 Å². The zero-order valence-corrected chi connectivity index (χ0v) is 11.1. The molecule has 0 aliphatic carbocycles. The SMILES string of the molecule is O=C(O)C(=O)O.O=C(c1cccc(F)c1)N1CCNCC1. The van der Waals surface area contributed by atoms with Gasteiger partial charge in [-0.15, -0.1) is 0 Å². The monoisotopic (exact) mass is 298 g/mol. The number of carbonyl (C=O) groups is 3. The highest BCUT2D eigenvalue weighted by Crippen LogP contribution is 2.08. The molecule has 114 valence electrons. The van der Waals surface area contributed by atoms with Gasteiger partial charge in [-0.2, -0.15) is 0 Å². The number of amides is 1. The number of carboxylic acids is 2. The number of halogens is 1. The summed E-state index contributed by atoms with van der Waals surface area (Å²) >= 11 is 0. The molecule has 7 nitrogen and oxygen atoms in total. The summed E-state index contributed by atoms with van der Waals surface area (Å²) < 4.78 is 12.9. The Balaban J connectivity index is 0.000000315. The third kappa shape index (κ3) is 5.57. The normalized spacial score (nSPS) is 13.9. The third-order valence-corrected chi connectivity index (χ3v) is 2.66. The summed E-state index contributed by atoms with van der Waals surface area (Å²) in [6, 6.07) is 5.83. The largest absolute Gasteiger partial charge is 0.473 e. The lowest BCUT2D eigenvalue weighted by molar-refractivity contribution is -0.159. The van der Waals surface area contributed by atoms with E-state index >= 15 is 0 Å². The molecule has 1 aromatic carbocycles. The summed E-state index contributed by atoms with van der Waals surface area (Å²) in [6.45, 7) is 2.99. The van der Waals surface area contributed by atoms with E-state index in [1.165, 1.54) is 12.1 Å². The van der Waals surface area contributed by atoms with Crippen molar-refractivity contribution in [1.29, 1.82) is 0 Å². The van der Waals surface area contributed by atoms with Gasteiger partial charge in [0.25, 0.3) is 5.91 Å². The lowest BCUT2D eigenvalue weighted by Crippen LogP contribution is -2.46. The lowest BCUT2D eigenvalue weighted by atomic mass is 10.2. The fourth-order valence-electron chi connectivity index (χ4n) is 1.67. The van der Waals surface area contributed by atoms with Gasteiger partial charge in [0.05, 0.1) is 0 Å². The van der Waals surface area contributed by atoms with Gasteiger partial charge in [-0.25, -0.2) is 14.0 Å². The molecular weight excluding hydrogens is 283 g/mol. The van der Waals surface area contributed by atoms with Crippen LogP contribution in [0, 0.1) is 5.82 Å². The minimum Gasteiger partial charge on any atom is -0.473 e. The second-order valence-electron chi connectivity index (χ2n) is 4.16. The molecule has 0 radical (unpaired) electrons. The van der Waals surface area contributed by atoms with Crippen molar-refractivity contribution in [1.82, 2.24) is 10.2 Å². The molecule has 1 fully saturated rings. The van der Waals surface area contributed by atoms with Crippen LogP contribution in [0.1, 0.15) is 10.4 Å². The molecule has 1 amide bonds. The first-order valence-electron chi connectivity index (χ1n) is 6.13. The van der Waals surface area contributed by atoms with E-state index in [1.807, 2.05) is 0 Å². The molecule has 0 aromatic heterocycles. The van der Waals surface area contributed by atoms with Gasteiger partial charge in [-0.05, 0) is 18.2 Å². The van der Waals surface area contributed by atoms with E-state index in [1.54, 1.807) is 17.0 Å². The van der Waals surface area contributed by atoms with Crippen LogP contribution < -0.4 is 5.32 Å². The van der Waals surface area contributed by atoms with E-state index in [9.17, 15) is 9.18 Å². The van der Waals surface area contributed by atoms with Crippen LogP contribution in [0.25, 0.3) is 0 Å². The number of rotatable bonds is 1. The minimum absolute atomic E-state index is 0.0870. The average Bonchev–Trinajstić information content (AvgIpc) is 2.48. The van der Waals surface area contributed by atoms with Crippen molar-refractivity contribution in [2.45, 2.75) is 0 Å². The predicted octanol–water partition coefficient (Wildman–Crippen LogP) is 0.0267. The smallest absolute Gasteiger partial charge is 0.414 e.